The largest absolute Gasteiger partial charge is 0.462 e. The zero-order valence-electron chi connectivity index (χ0n) is 16.5. The monoisotopic (exact) mass is 390 g/mol. The van der Waals surface area contributed by atoms with Crippen molar-refractivity contribution in [3.05, 3.63) is 60.9 Å². The number of para-hydroxylation sites is 2. The Morgan fingerprint density at radius 3 is 2.45 bits per heavy atom. The molecule has 0 unspecified atom stereocenters. The van der Waals surface area contributed by atoms with Crippen LogP contribution in [0.4, 0.5) is 16.2 Å². The molecule has 0 spiro atoms. The predicted octanol–water partition coefficient (Wildman–Crippen LogP) is 3.50. The van der Waals surface area contributed by atoms with Gasteiger partial charge in [-0.15, -0.1) is 0 Å². The lowest BCUT2D eigenvalue weighted by molar-refractivity contribution is 0.199. The number of nitrogens with zero attached hydrogens (tertiary/aromatic N) is 4. The smallest absolute Gasteiger partial charge is 0.324 e. The van der Waals surface area contributed by atoms with Gasteiger partial charge >= 0.3 is 6.03 Å². The number of fused-ring (bicyclic) bond motifs is 1. The number of piperazine rings is 1. The Morgan fingerprint density at radius 2 is 1.62 bits per heavy atom. The van der Waals surface area contributed by atoms with Crippen molar-refractivity contribution in [2.45, 2.75) is 0 Å². The molecule has 0 atom stereocenters. The average molecular weight is 390 g/mol. The number of benzene rings is 2. The van der Waals surface area contributed by atoms with Crippen LogP contribution in [-0.2, 0) is 0 Å². The fraction of sp³-hybridized carbons (Fsp3) is 0.348. The van der Waals surface area contributed by atoms with Crippen LogP contribution in [0.1, 0.15) is 0 Å². The van der Waals surface area contributed by atoms with E-state index < -0.39 is 0 Å². The van der Waals surface area contributed by atoms with Gasteiger partial charge in [0.15, 0.2) is 5.58 Å². The van der Waals surface area contributed by atoms with E-state index in [1.54, 1.807) is 6.26 Å². The van der Waals surface area contributed by atoms with Crippen molar-refractivity contribution in [3.63, 3.8) is 0 Å². The van der Waals surface area contributed by atoms with Crippen LogP contribution in [0, 0.1) is 0 Å². The van der Waals surface area contributed by atoms with Crippen LogP contribution in [0.25, 0.3) is 11.0 Å². The first-order chi connectivity index (χ1) is 14.3. The molecule has 5 rings (SSSR count). The zero-order chi connectivity index (χ0) is 19.6. The Kier molecular flexibility index (Phi) is 4.86. The van der Waals surface area contributed by atoms with Gasteiger partial charge in [-0.1, -0.05) is 30.3 Å². The number of furan rings is 1. The molecule has 0 N–H and O–H groups in total. The molecule has 2 amide bonds. The Morgan fingerprint density at radius 1 is 0.793 bits per heavy atom. The molecule has 6 heteroatoms. The molecule has 3 aromatic rings. The highest BCUT2D eigenvalue weighted by Gasteiger charge is 2.29. The summed E-state index contributed by atoms with van der Waals surface area (Å²) >= 11 is 0. The van der Waals surface area contributed by atoms with Gasteiger partial charge in [0.25, 0.3) is 0 Å². The van der Waals surface area contributed by atoms with Crippen LogP contribution in [0.2, 0.25) is 0 Å². The number of rotatable bonds is 5. The SMILES string of the molecule is O=C1N(CCN2CCN(c3cccc4ccoc34)CC2)CCN1c1ccccc1. The third kappa shape index (κ3) is 3.56. The van der Waals surface area contributed by atoms with E-state index >= 15 is 0 Å². The van der Waals surface area contributed by atoms with Crippen LogP contribution in [-0.4, -0.2) is 68.2 Å². The summed E-state index contributed by atoms with van der Waals surface area (Å²) in [6.07, 6.45) is 1.76. The molecule has 0 bridgehead atoms. The van der Waals surface area contributed by atoms with E-state index in [1.807, 2.05) is 46.2 Å². The maximum absolute atomic E-state index is 12.7. The quantitative estimate of drug-likeness (QED) is 0.669. The van der Waals surface area contributed by atoms with Gasteiger partial charge in [0.05, 0.1) is 12.0 Å². The molecule has 2 aromatic carbocycles. The van der Waals surface area contributed by atoms with Gasteiger partial charge in [0.1, 0.15) is 0 Å². The number of urea groups is 1. The van der Waals surface area contributed by atoms with Crippen molar-refractivity contribution in [1.82, 2.24) is 9.80 Å². The summed E-state index contributed by atoms with van der Waals surface area (Å²) in [6, 6.07) is 18.4. The normalized spacial score (nSPS) is 18.2. The Balaban J connectivity index is 1.14. The second-order valence-electron chi connectivity index (χ2n) is 7.70. The third-order valence-corrected chi connectivity index (χ3v) is 6.02. The number of hydrogen-bond donors (Lipinski definition) is 0. The maximum atomic E-state index is 12.7. The minimum absolute atomic E-state index is 0.124. The topological polar surface area (TPSA) is 43.2 Å². The minimum atomic E-state index is 0.124. The number of carbonyl (C=O) groups excluding carboxylic acids is 1. The van der Waals surface area contributed by atoms with Gasteiger partial charge in [-0.25, -0.2) is 4.79 Å². The molecule has 1 aromatic heterocycles. The van der Waals surface area contributed by atoms with Crippen LogP contribution in [0.5, 0.6) is 0 Å². The summed E-state index contributed by atoms with van der Waals surface area (Å²) in [4.78, 5) is 21.4. The molecule has 2 fully saturated rings. The number of anilines is 2. The molecule has 6 nitrogen and oxygen atoms in total. The van der Waals surface area contributed by atoms with Crippen molar-refractivity contribution in [1.29, 1.82) is 0 Å². The summed E-state index contributed by atoms with van der Waals surface area (Å²) in [6.45, 7) is 7.23. The molecule has 2 saturated heterocycles. The highest BCUT2D eigenvalue weighted by Crippen LogP contribution is 2.28. The summed E-state index contributed by atoms with van der Waals surface area (Å²) in [5.41, 5.74) is 3.14. The number of hydrogen-bond acceptors (Lipinski definition) is 4. The fourth-order valence-corrected chi connectivity index (χ4v) is 4.34. The van der Waals surface area contributed by atoms with Gasteiger partial charge in [0.2, 0.25) is 0 Å². The molecular formula is C23H26N4O2. The lowest BCUT2D eigenvalue weighted by Gasteiger charge is -2.36. The molecule has 3 heterocycles. The van der Waals surface area contributed by atoms with Crippen molar-refractivity contribution < 1.29 is 9.21 Å². The van der Waals surface area contributed by atoms with Gasteiger partial charge in [-0.05, 0) is 24.3 Å². The molecule has 0 saturated carbocycles. The minimum Gasteiger partial charge on any atom is -0.462 e. The molecule has 2 aliphatic heterocycles. The molecule has 2 aliphatic rings. The number of carbonyl (C=O) groups is 1. The van der Waals surface area contributed by atoms with E-state index in [1.165, 1.54) is 5.69 Å². The molecule has 29 heavy (non-hydrogen) atoms. The summed E-state index contributed by atoms with van der Waals surface area (Å²) in [7, 11) is 0. The summed E-state index contributed by atoms with van der Waals surface area (Å²) < 4.78 is 5.70. The summed E-state index contributed by atoms with van der Waals surface area (Å²) in [5, 5.41) is 1.15. The van der Waals surface area contributed by atoms with E-state index in [2.05, 4.69) is 28.0 Å². The van der Waals surface area contributed by atoms with E-state index in [4.69, 9.17) is 4.42 Å². The Bertz CT molecular complexity index is 979. The summed E-state index contributed by atoms with van der Waals surface area (Å²) in [5.74, 6) is 0. The highest BCUT2D eigenvalue weighted by molar-refractivity contribution is 5.94. The van der Waals surface area contributed by atoms with E-state index in [9.17, 15) is 4.79 Å². The average Bonchev–Trinajstić information content (AvgIpc) is 3.40. The Hall–Kier alpha value is -2.99. The maximum Gasteiger partial charge on any atom is 0.324 e. The third-order valence-electron chi connectivity index (χ3n) is 6.02. The second kappa shape index (κ2) is 7.79. The zero-order valence-corrected chi connectivity index (χ0v) is 16.5. The highest BCUT2D eigenvalue weighted by atomic mass is 16.3. The lowest BCUT2D eigenvalue weighted by Crippen LogP contribution is -2.48. The molecular weight excluding hydrogens is 364 g/mol. The standard InChI is InChI=1S/C23H26N4O2/c28-23-26(16-17-27(23)20-6-2-1-3-7-20)15-12-24-10-13-25(14-11-24)21-8-4-5-19-9-18-29-22(19)21/h1-9,18H,10-17H2. The number of amides is 2. The first kappa shape index (κ1) is 18.1. The lowest BCUT2D eigenvalue weighted by atomic mass is 10.2. The van der Waals surface area contributed by atoms with Gasteiger partial charge in [0, 0.05) is 63.4 Å². The first-order valence-corrected chi connectivity index (χ1v) is 10.3. The first-order valence-electron chi connectivity index (χ1n) is 10.3. The molecule has 150 valence electrons. The van der Waals surface area contributed by atoms with Gasteiger partial charge < -0.3 is 14.2 Å². The van der Waals surface area contributed by atoms with Crippen molar-refractivity contribution in [3.8, 4) is 0 Å². The molecule has 0 aliphatic carbocycles. The van der Waals surface area contributed by atoms with Crippen molar-refractivity contribution in [2.75, 3.05) is 62.2 Å². The second-order valence-corrected chi connectivity index (χ2v) is 7.70. The van der Waals surface area contributed by atoms with Crippen molar-refractivity contribution in [2.24, 2.45) is 0 Å². The Labute approximate surface area is 170 Å². The van der Waals surface area contributed by atoms with E-state index in [0.717, 1.165) is 69.0 Å². The van der Waals surface area contributed by atoms with Crippen LogP contribution >= 0.6 is 0 Å². The van der Waals surface area contributed by atoms with Crippen LogP contribution in [0.15, 0.2) is 65.3 Å². The van der Waals surface area contributed by atoms with Crippen molar-refractivity contribution >= 4 is 28.4 Å². The van der Waals surface area contributed by atoms with E-state index in [0.29, 0.717) is 0 Å². The van der Waals surface area contributed by atoms with E-state index in [-0.39, 0.29) is 6.03 Å². The molecule has 0 radical (unpaired) electrons. The predicted molar refractivity (Wildman–Crippen MR) is 116 cm³/mol. The van der Waals surface area contributed by atoms with Gasteiger partial charge in [-0.3, -0.25) is 9.80 Å². The van der Waals surface area contributed by atoms with Crippen LogP contribution < -0.4 is 9.80 Å². The van der Waals surface area contributed by atoms with Gasteiger partial charge in [-0.2, -0.15) is 0 Å². The van der Waals surface area contributed by atoms with Crippen LogP contribution in [0.3, 0.4) is 0 Å². The fourth-order valence-electron chi connectivity index (χ4n) is 4.34.